The predicted molar refractivity (Wildman–Crippen MR) is 63.3 cm³/mol. The molecule has 0 fully saturated rings. The molecular weight excluding hydrogens is 186 g/mol. The monoisotopic (exact) mass is 203 g/mol. The lowest BCUT2D eigenvalue weighted by atomic mass is 10.1. The van der Waals surface area contributed by atoms with Gasteiger partial charge in [-0.2, -0.15) is 0 Å². The van der Waals surface area contributed by atoms with Crippen LogP contribution >= 0.6 is 0 Å². The molecule has 1 aromatic heterocycles. The molecule has 0 aliphatic heterocycles. The Morgan fingerprint density at radius 2 is 2.33 bits per heavy atom. The molecule has 0 atom stereocenters. The van der Waals surface area contributed by atoms with E-state index >= 15 is 0 Å². The standard InChI is InChI=1S/C13H17NO/c1-4-6-12(5-2)8-7-11(3)13-9-10-14-15-13/h5,7-10H,3-4,6H2,1-2H3/b8-7-,12-5-. The third-order valence-electron chi connectivity index (χ3n) is 2.16. The number of aromatic nitrogens is 1. The Kier molecular flexibility index (Phi) is 4.61. The average molecular weight is 203 g/mol. The second kappa shape index (κ2) is 6.02. The summed E-state index contributed by atoms with van der Waals surface area (Å²) in [4.78, 5) is 0. The van der Waals surface area contributed by atoms with Crippen LogP contribution in [0.2, 0.25) is 0 Å². The smallest absolute Gasteiger partial charge is 0.166 e. The summed E-state index contributed by atoms with van der Waals surface area (Å²) in [6.07, 6.45) is 10.0. The van der Waals surface area contributed by atoms with Crippen LogP contribution in [0.25, 0.3) is 5.57 Å². The van der Waals surface area contributed by atoms with Crippen LogP contribution in [0.3, 0.4) is 0 Å². The van der Waals surface area contributed by atoms with Crippen LogP contribution in [0.1, 0.15) is 32.4 Å². The van der Waals surface area contributed by atoms with Crippen LogP contribution in [0, 0.1) is 0 Å². The Morgan fingerprint density at radius 3 is 2.87 bits per heavy atom. The first-order valence-electron chi connectivity index (χ1n) is 5.21. The Morgan fingerprint density at radius 1 is 1.53 bits per heavy atom. The lowest BCUT2D eigenvalue weighted by Crippen LogP contribution is -1.78. The lowest BCUT2D eigenvalue weighted by Gasteiger charge is -1.98. The van der Waals surface area contributed by atoms with E-state index in [0.717, 1.165) is 24.2 Å². The van der Waals surface area contributed by atoms with Crippen LogP contribution in [0.4, 0.5) is 0 Å². The third-order valence-corrected chi connectivity index (χ3v) is 2.16. The molecule has 15 heavy (non-hydrogen) atoms. The van der Waals surface area contributed by atoms with E-state index in [4.69, 9.17) is 4.52 Å². The molecule has 0 amide bonds. The molecule has 2 heteroatoms. The van der Waals surface area contributed by atoms with E-state index < -0.39 is 0 Å². The van der Waals surface area contributed by atoms with E-state index in [-0.39, 0.29) is 0 Å². The van der Waals surface area contributed by atoms with E-state index in [0.29, 0.717) is 0 Å². The highest BCUT2D eigenvalue weighted by atomic mass is 16.5. The SMILES string of the molecule is C=C(/C=C\C(=C/C)CCC)c1ccno1. The Bertz CT molecular complexity index is 358. The molecule has 0 saturated heterocycles. The quantitative estimate of drug-likeness (QED) is 0.676. The maximum Gasteiger partial charge on any atom is 0.166 e. The van der Waals surface area contributed by atoms with Gasteiger partial charge in [0.2, 0.25) is 0 Å². The van der Waals surface area contributed by atoms with E-state index in [1.165, 1.54) is 5.57 Å². The van der Waals surface area contributed by atoms with Gasteiger partial charge in [0.15, 0.2) is 5.76 Å². The van der Waals surface area contributed by atoms with Gasteiger partial charge in [0.1, 0.15) is 0 Å². The summed E-state index contributed by atoms with van der Waals surface area (Å²) in [5.74, 6) is 0.721. The van der Waals surface area contributed by atoms with Gasteiger partial charge in [0, 0.05) is 11.6 Å². The van der Waals surface area contributed by atoms with E-state index in [1.807, 2.05) is 19.1 Å². The molecule has 0 N–H and O–H groups in total. The van der Waals surface area contributed by atoms with Crippen molar-refractivity contribution in [1.29, 1.82) is 0 Å². The molecule has 0 spiro atoms. The van der Waals surface area contributed by atoms with Crippen molar-refractivity contribution in [1.82, 2.24) is 5.16 Å². The lowest BCUT2D eigenvalue weighted by molar-refractivity contribution is 0.411. The predicted octanol–water partition coefficient (Wildman–Crippen LogP) is 3.99. The third kappa shape index (κ3) is 3.58. The first-order valence-corrected chi connectivity index (χ1v) is 5.21. The van der Waals surface area contributed by atoms with Crippen molar-refractivity contribution in [2.75, 3.05) is 0 Å². The highest BCUT2D eigenvalue weighted by Crippen LogP contribution is 2.14. The molecule has 1 aromatic rings. The maximum absolute atomic E-state index is 5.00. The van der Waals surface area contributed by atoms with Gasteiger partial charge < -0.3 is 4.52 Å². The van der Waals surface area contributed by atoms with E-state index in [2.05, 4.69) is 30.8 Å². The molecule has 0 unspecified atom stereocenters. The number of nitrogens with zero attached hydrogens (tertiary/aromatic N) is 1. The van der Waals surface area contributed by atoms with Crippen LogP contribution in [0.5, 0.6) is 0 Å². The molecule has 0 saturated carbocycles. The molecule has 0 radical (unpaired) electrons. The summed E-state index contributed by atoms with van der Waals surface area (Å²) in [6.45, 7) is 8.13. The van der Waals surface area contributed by atoms with Crippen molar-refractivity contribution in [3.8, 4) is 0 Å². The Labute approximate surface area is 91.0 Å². The topological polar surface area (TPSA) is 26.0 Å². The fourth-order valence-corrected chi connectivity index (χ4v) is 1.28. The second-order valence-corrected chi connectivity index (χ2v) is 3.35. The van der Waals surface area contributed by atoms with Gasteiger partial charge in [-0.1, -0.05) is 48.9 Å². The van der Waals surface area contributed by atoms with Crippen molar-refractivity contribution < 1.29 is 4.52 Å². The minimum Gasteiger partial charge on any atom is -0.356 e. The highest BCUT2D eigenvalue weighted by Gasteiger charge is 1.98. The first kappa shape index (κ1) is 11.5. The summed E-state index contributed by atoms with van der Waals surface area (Å²) >= 11 is 0. The van der Waals surface area contributed by atoms with Crippen molar-refractivity contribution in [3.63, 3.8) is 0 Å². The summed E-state index contributed by atoms with van der Waals surface area (Å²) in [5.41, 5.74) is 2.17. The van der Waals surface area contributed by atoms with E-state index in [1.54, 1.807) is 6.20 Å². The normalized spacial score (nSPS) is 12.3. The summed E-state index contributed by atoms with van der Waals surface area (Å²) < 4.78 is 5.00. The summed E-state index contributed by atoms with van der Waals surface area (Å²) in [7, 11) is 0. The minimum absolute atomic E-state index is 0.721. The fraction of sp³-hybridized carbons (Fsp3) is 0.308. The first-order chi connectivity index (χ1) is 7.27. The van der Waals surface area contributed by atoms with E-state index in [9.17, 15) is 0 Å². The minimum atomic E-state index is 0.721. The zero-order valence-corrected chi connectivity index (χ0v) is 9.36. The van der Waals surface area contributed by atoms with Crippen LogP contribution in [-0.4, -0.2) is 5.16 Å². The zero-order chi connectivity index (χ0) is 11.1. The second-order valence-electron chi connectivity index (χ2n) is 3.35. The molecule has 0 bridgehead atoms. The highest BCUT2D eigenvalue weighted by molar-refractivity contribution is 5.68. The molecule has 2 nitrogen and oxygen atoms in total. The fourth-order valence-electron chi connectivity index (χ4n) is 1.28. The van der Waals surface area contributed by atoms with Crippen LogP contribution < -0.4 is 0 Å². The van der Waals surface area contributed by atoms with Crippen molar-refractivity contribution in [2.24, 2.45) is 0 Å². The van der Waals surface area contributed by atoms with Gasteiger partial charge in [-0.05, 0) is 13.3 Å². The summed E-state index contributed by atoms with van der Waals surface area (Å²) in [5, 5.41) is 3.64. The molecule has 1 rings (SSSR count). The van der Waals surface area contributed by atoms with Crippen LogP contribution in [-0.2, 0) is 0 Å². The Hall–Kier alpha value is -1.57. The maximum atomic E-state index is 5.00. The summed E-state index contributed by atoms with van der Waals surface area (Å²) in [6, 6.07) is 1.81. The number of rotatable bonds is 5. The van der Waals surface area contributed by atoms with Gasteiger partial charge in [-0.25, -0.2) is 0 Å². The van der Waals surface area contributed by atoms with Gasteiger partial charge in [0.25, 0.3) is 0 Å². The van der Waals surface area contributed by atoms with Crippen LogP contribution in [0.15, 0.2) is 47.2 Å². The number of hydrogen-bond acceptors (Lipinski definition) is 2. The van der Waals surface area contributed by atoms with Gasteiger partial charge in [-0.3, -0.25) is 0 Å². The van der Waals surface area contributed by atoms with Gasteiger partial charge in [0.05, 0.1) is 6.20 Å². The zero-order valence-electron chi connectivity index (χ0n) is 9.36. The molecule has 0 aromatic carbocycles. The van der Waals surface area contributed by atoms with Crippen molar-refractivity contribution >= 4 is 5.57 Å². The molecule has 0 aliphatic rings. The molecule has 0 aliphatic carbocycles. The number of hydrogen-bond donors (Lipinski definition) is 0. The average Bonchev–Trinajstić information content (AvgIpc) is 2.77. The molecule has 80 valence electrons. The number of allylic oxidation sites excluding steroid dienone is 5. The van der Waals surface area contributed by atoms with Crippen molar-refractivity contribution in [3.05, 3.63) is 48.4 Å². The van der Waals surface area contributed by atoms with Gasteiger partial charge >= 0.3 is 0 Å². The largest absolute Gasteiger partial charge is 0.356 e. The van der Waals surface area contributed by atoms with Gasteiger partial charge in [-0.15, -0.1) is 0 Å². The van der Waals surface area contributed by atoms with Crippen molar-refractivity contribution in [2.45, 2.75) is 26.7 Å². The molecular formula is C13H17NO. The Balaban J connectivity index is 2.61. The molecule has 1 heterocycles.